The first-order valence-corrected chi connectivity index (χ1v) is 9.07. The molecule has 0 saturated carbocycles. The van der Waals surface area contributed by atoms with E-state index in [1.807, 2.05) is 6.07 Å². The number of nitrogens with zero attached hydrogens (tertiary/aromatic N) is 2. The van der Waals surface area contributed by atoms with Gasteiger partial charge in [0, 0.05) is 30.9 Å². The highest BCUT2D eigenvalue weighted by Crippen LogP contribution is 2.37. The fourth-order valence-corrected chi connectivity index (χ4v) is 3.48. The van der Waals surface area contributed by atoms with E-state index in [1.54, 1.807) is 41.5 Å². The van der Waals surface area contributed by atoms with E-state index in [0.29, 0.717) is 23.7 Å². The number of benzene rings is 1. The average Bonchev–Trinajstić information content (AvgIpc) is 3.16. The van der Waals surface area contributed by atoms with E-state index in [1.165, 1.54) is 19.3 Å². The van der Waals surface area contributed by atoms with Crippen LogP contribution in [-0.4, -0.2) is 37.0 Å². The Balaban J connectivity index is 1.60. The third-order valence-electron chi connectivity index (χ3n) is 4.86. The molecule has 1 aromatic carbocycles. The summed E-state index contributed by atoms with van der Waals surface area (Å²) in [6.07, 6.45) is 6.95. The molecule has 26 heavy (non-hydrogen) atoms. The number of nitrogens with two attached hydrogens (primary N) is 1. The molecule has 2 N–H and O–H groups in total. The lowest BCUT2D eigenvalue weighted by Crippen LogP contribution is -2.43. The summed E-state index contributed by atoms with van der Waals surface area (Å²) in [6.45, 7) is 3.67. The Bertz CT molecular complexity index is 808. The molecule has 2 aliphatic heterocycles. The molecule has 2 aromatic rings. The highest BCUT2D eigenvalue weighted by atomic mass is 16.5. The first-order chi connectivity index (χ1) is 12.7. The molecule has 1 saturated heterocycles. The van der Waals surface area contributed by atoms with E-state index in [2.05, 4.69) is 4.90 Å². The van der Waals surface area contributed by atoms with E-state index in [9.17, 15) is 4.79 Å². The first kappa shape index (κ1) is 16.7. The Morgan fingerprint density at radius 1 is 1.12 bits per heavy atom. The summed E-state index contributed by atoms with van der Waals surface area (Å²) in [4.78, 5) is 17.2. The summed E-state index contributed by atoms with van der Waals surface area (Å²) in [5.41, 5.74) is 7.27. The molecule has 4 rings (SSSR count). The number of carbonyl (C=O) groups is 1. The third-order valence-corrected chi connectivity index (χ3v) is 4.86. The minimum absolute atomic E-state index is 0.157. The van der Waals surface area contributed by atoms with Crippen molar-refractivity contribution in [2.45, 2.75) is 19.3 Å². The Morgan fingerprint density at radius 3 is 2.73 bits per heavy atom. The molecule has 0 atom stereocenters. The zero-order chi connectivity index (χ0) is 17.9. The van der Waals surface area contributed by atoms with E-state index < -0.39 is 0 Å². The quantitative estimate of drug-likeness (QED) is 0.675. The van der Waals surface area contributed by atoms with E-state index in [4.69, 9.17) is 14.9 Å². The van der Waals surface area contributed by atoms with Crippen molar-refractivity contribution in [3.8, 4) is 5.75 Å². The van der Waals surface area contributed by atoms with Gasteiger partial charge in [0.25, 0.3) is 5.91 Å². The van der Waals surface area contributed by atoms with Gasteiger partial charge in [0.05, 0.1) is 12.0 Å². The lowest BCUT2D eigenvalue weighted by Gasteiger charge is -2.33. The second-order valence-corrected chi connectivity index (χ2v) is 6.71. The molecular formula is C20H23N3O3. The lowest BCUT2D eigenvalue weighted by atomic mass is 10.1. The van der Waals surface area contributed by atoms with Gasteiger partial charge in [-0.2, -0.15) is 0 Å². The SMILES string of the molecule is Nc1ccc2c(c1)O/C(=C/c1ccco1)C(=O)N2CCN1CCCCC1. The molecule has 0 spiro atoms. The van der Waals surface area contributed by atoms with Gasteiger partial charge in [-0.15, -0.1) is 0 Å². The smallest absolute Gasteiger partial charge is 0.294 e. The maximum atomic E-state index is 13.0. The Labute approximate surface area is 152 Å². The third kappa shape index (κ3) is 3.46. The number of nitrogen functional groups attached to an aromatic ring is 1. The van der Waals surface area contributed by atoms with Crippen LogP contribution in [0, 0.1) is 0 Å². The van der Waals surface area contributed by atoms with Crippen molar-refractivity contribution >= 4 is 23.4 Å². The fraction of sp³-hybridized carbons (Fsp3) is 0.350. The average molecular weight is 353 g/mol. The summed E-state index contributed by atoms with van der Waals surface area (Å²) in [7, 11) is 0. The van der Waals surface area contributed by atoms with Gasteiger partial charge in [-0.1, -0.05) is 6.42 Å². The molecule has 0 radical (unpaired) electrons. The zero-order valence-electron chi connectivity index (χ0n) is 14.7. The van der Waals surface area contributed by atoms with E-state index in [0.717, 1.165) is 25.3 Å². The molecule has 0 aliphatic carbocycles. The van der Waals surface area contributed by atoms with Crippen molar-refractivity contribution < 1.29 is 13.9 Å². The highest BCUT2D eigenvalue weighted by molar-refractivity contribution is 6.09. The van der Waals surface area contributed by atoms with Gasteiger partial charge in [-0.05, 0) is 50.2 Å². The zero-order valence-corrected chi connectivity index (χ0v) is 14.7. The number of hydrogen-bond acceptors (Lipinski definition) is 5. The highest BCUT2D eigenvalue weighted by Gasteiger charge is 2.31. The summed E-state index contributed by atoms with van der Waals surface area (Å²) in [6, 6.07) is 8.97. The summed E-state index contributed by atoms with van der Waals surface area (Å²) in [5, 5.41) is 0. The molecule has 6 heteroatoms. The summed E-state index contributed by atoms with van der Waals surface area (Å²) >= 11 is 0. The predicted molar refractivity (Wildman–Crippen MR) is 101 cm³/mol. The maximum Gasteiger partial charge on any atom is 0.294 e. The van der Waals surface area contributed by atoms with Crippen molar-refractivity contribution in [2.75, 3.05) is 36.8 Å². The summed E-state index contributed by atoms with van der Waals surface area (Å²) < 4.78 is 11.2. The molecule has 0 unspecified atom stereocenters. The van der Waals surface area contributed by atoms with Crippen LogP contribution in [0.2, 0.25) is 0 Å². The largest absolute Gasteiger partial charge is 0.465 e. The number of ether oxygens (including phenoxy) is 1. The number of rotatable bonds is 4. The molecular weight excluding hydrogens is 330 g/mol. The second kappa shape index (κ2) is 7.25. The molecule has 136 valence electrons. The normalized spacial score (nSPS) is 19.5. The second-order valence-electron chi connectivity index (χ2n) is 6.71. The molecule has 2 aliphatic rings. The van der Waals surface area contributed by atoms with Gasteiger partial charge >= 0.3 is 0 Å². The Hall–Kier alpha value is -2.73. The standard InChI is InChI=1S/C20H23N3O3/c21-15-6-7-17-18(13-15)26-19(14-16-5-4-12-25-16)20(24)23(17)11-10-22-8-2-1-3-9-22/h4-7,12-14H,1-3,8-11,21H2/b19-14+. The monoisotopic (exact) mass is 353 g/mol. The number of likely N-dealkylation sites (tertiary alicyclic amines) is 1. The van der Waals surface area contributed by atoms with E-state index >= 15 is 0 Å². The van der Waals surface area contributed by atoms with Crippen LogP contribution in [0.4, 0.5) is 11.4 Å². The van der Waals surface area contributed by atoms with Crippen LogP contribution in [0.1, 0.15) is 25.0 Å². The molecule has 1 aromatic heterocycles. The van der Waals surface area contributed by atoms with Crippen molar-refractivity contribution in [3.63, 3.8) is 0 Å². The van der Waals surface area contributed by atoms with Gasteiger partial charge in [-0.3, -0.25) is 4.79 Å². The van der Waals surface area contributed by atoms with Crippen LogP contribution in [-0.2, 0) is 4.79 Å². The summed E-state index contributed by atoms with van der Waals surface area (Å²) in [5.74, 6) is 1.27. The lowest BCUT2D eigenvalue weighted by molar-refractivity contribution is -0.117. The Morgan fingerprint density at radius 2 is 1.96 bits per heavy atom. The van der Waals surface area contributed by atoms with Gasteiger partial charge < -0.3 is 24.7 Å². The molecule has 1 amide bonds. The number of furan rings is 1. The van der Waals surface area contributed by atoms with Crippen molar-refractivity contribution in [3.05, 3.63) is 48.1 Å². The molecule has 6 nitrogen and oxygen atoms in total. The topological polar surface area (TPSA) is 71.9 Å². The number of hydrogen-bond donors (Lipinski definition) is 1. The minimum Gasteiger partial charge on any atom is -0.465 e. The van der Waals surface area contributed by atoms with E-state index in [-0.39, 0.29) is 11.7 Å². The van der Waals surface area contributed by atoms with Gasteiger partial charge in [0.1, 0.15) is 5.76 Å². The Kier molecular flexibility index (Phi) is 4.67. The van der Waals surface area contributed by atoms with Crippen LogP contribution >= 0.6 is 0 Å². The van der Waals surface area contributed by atoms with Gasteiger partial charge in [0.2, 0.25) is 0 Å². The molecule has 3 heterocycles. The van der Waals surface area contributed by atoms with Crippen molar-refractivity contribution in [1.82, 2.24) is 4.90 Å². The number of fused-ring (bicyclic) bond motifs is 1. The van der Waals surface area contributed by atoms with Crippen LogP contribution in [0.15, 0.2) is 46.8 Å². The maximum absolute atomic E-state index is 13.0. The van der Waals surface area contributed by atoms with Crippen LogP contribution in [0.3, 0.4) is 0 Å². The van der Waals surface area contributed by atoms with Crippen LogP contribution in [0.25, 0.3) is 6.08 Å². The minimum atomic E-state index is -0.157. The molecule has 1 fully saturated rings. The first-order valence-electron chi connectivity index (χ1n) is 9.07. The van der Waals surface area contributed by atoms with Gasteiger partial charge in [-0.25, -0.2) is 0 Å². The van der Waals surface area contributed by atoms with Crippen molar-refractivity contribution in [2.24, 2.45) is 0 Å². The van der Waals surface area contributed by atoms with Crippen LogP contribution in [0.5, 0.6) is 5.75 Å². The van der Waals surface area contributed by atoms with Gasteiger partial charge in [0.15, 0.2) is 11.5 Å². The van der Waals surface area contributed by atoms with Crippen molar-refractivity contribution in [1.29, 1.82) is 0 Å². The number of amides is 1. The fourth-order valence-electron chi connectivity index (χ4n) is 3.48. The predicted octanol–water partition coefficient (Wildman–Crippen LogP) is 3.11. The number of carbonyl (C=O) groups excluding carboxylic acids is 1. The molecule has 0 bridgehead atoms. The number of anilines is 2. The van der Waals surface area contributed by atoms with Crippen LogP contribution < -0.4 is 15.4 Å². The number of piperidine rings is 1.